The van der Waals surface area contributed by atoms with E-state index in [1.807, 2.05) is 97.9 Å². The molecule has 3 N–H and O–H groups in total. The Morgan fingerprint density at radius 1 is 0.882 bits per heavy atom. The van der Waals surface area contributed by atoms with Crippen molar-refractivity contribution in [3.8, 4) is 11.1 Å². The summed E-state index contributed by atoms with van der Waals surface area (Å²) in [5.41, 5.74) is 5.05. The number of aliphatic hydroxyl groups excluding tert-OH is 1. The molecule has 2 bridgehead atoms. The second-order valence-corrected chi connectivity index (χ2v) is 14.9. The average molecular weight is 685 g/mol. The molecule has 0 unspecified atom stereocenters. The van der Waals surface area contributed by atoms with Gasteiger partial charge in [-0.3, -0.25) is 4.79 Å². The Labute approximate surface area is 303 Å². The molecule has 4 atom stereocenters. The van der Waals surface area contributed by atoms with Crippen molar-refractivity contribution >= 4 is 17.5 Å². The molecule has 4 aromatic rings. The lowest BCUT2D eigenvalue weighted by molar-refractivity contribution is -0.0763. The molecule has 0 heterocycles. The number of urea groups is 1. The van der Waals surface area contributed by atoms with Crippen LogP contribution in [0.1, 0.15) is 98.7 Å². The van der Waals surface area contributed by atoms with Crippen LogP contribution in [0.3, 0.4) is 0 Å². The maximum Gasteiger partial charge on any atom is 0.321 e. The third kappa shape index (κ3) is 7.88. The highest BCUT2D eigenvalue weighted by Gasteiger charge is 2.57. The summed E-state index contributed by atoms with van der Waals surface area (Å²) in [5, 5.41) is 27.0. The molecule has 3 aliphatic carbocycles. The molecular weight excluding hydrogens is 633 g/mol. The van der Waals surface area contributed by atoms with Crippen LogP contribution in [0.15, 0.2) is 115 Å². The van der Waals surface area contributed by atoms with E-state index in [-0.39, 0.29) is 24.3 Å². The maximum atomic E-state index is 14.9. The predicted molar refractivity (Wildman–Crippen MR) is 206 cm³/mol. The first-order valence-corrected chi connectivity index (χ1v) is 18.6. The number of ketones is 1. The monoisotopic (exact) mass is 684 g/mol. The van der Waals surface area contributed by atoms with Crippen molar-refractivity contribution in [1.29, 1.82) is 0 Å². The SMILES string of the molecule is CCCN(C[C@]1(O)CC[C@H]2c3ccc(cc3C(=O)c3ccccc3-c3ccccc3)C[C@@H](O)CCC(C)=CCC[C@@]21C)C(=O)Nc1ccccc1. The minimum atomic E-state index is -1.20. The van der Waals surface area contributed by atoms with E-state index in [2.05, 4.69) is 37.4 Å². The van der Waals surface area contributed by atoms with Crippen LogP contribution in [-0.2, 0) is 6.42 Å². The summed E-state index contributed by atoms with van der Waals surface area (Å²) in [5.74, 6) is -0.196. The molecule has 4 aromatic carbocycles. The van der Waals surface area contributed by atoms with Crippen LogP contribution in [0.2, 0.25) is 0 Å². The predicted octanol–water partition coefficient (Wildman–Crippen LogP) is 9.57. The van der Waals surface area contributed by atoms with Crippen molar-refractivity contribution in [3.05, 3.63) is 137 Å². The zero-order chi connectivity index (χ0) is 36.0. The fraction of sp³-hybridized carbons (Fsp3) is 0.378. The average Bonchev–Trinajstić information content (AvgIpc) is 3.39. The zero-order valence-electron chi connectivity index (χ0n) is 30.3. The lowest BCUT2D eigenvalue weighted by Gasteiger charge is -2.46. The van der Waals surface area contributed by atoms with Gasteiger partial charge in [-0.15, -0.1) is 0 Å². The van der Waals surface area contributed by atoms with Crippen LogP contribution in [0, 0.1) is 5.41 Å². The van der Waals surface area contributed by atoms with Gasteiger partial charge in [-0.05, 0) is 105 Å². The molecule has 1 fully saturated rings. The standard InChI is InChI=1S/C45H52N2O4/c1-4-28-47(43(50)46-35-17-9-6-10-18-35)31-45(51)27-25-41-38-24-22-33(29-36(48)23-21-32(2)14-13-26-44(41,45)3)30-40(38)42(49)39-20-12-11-19-37(39)34-15-7-5-8-16-34/h5-12,14-20,22,24,30,36,41,48,51H,4,13,21,23,25-29,31H2,1-3H3,(H,46,50)/t36-,41-,44-,45+/m0/s1. The highest BCUT2D eigenvalue weighted by Crippen LogP contribution is 2.59. The molecule has 266 valence electrons. The highest BCUT2D eigenvalue weighted by atomic mass is 16.3. The fourth-order valence-electron chi connectivity index (χ4n) is 8.45. The largest absolute Gasteiger partial charge is 0.393 e. The van der Waals surface area contributed by atoms with Gasteiger partial charge < -0.3 is 20.4 Å². The van der Waals surface area contributed by atoms with Gasteiger partial charge in [0.25, 0.3) is 0 Å². The molecule has 6 nitrogen and oxygen atoms in total. The Hall–Kier alpha value is -4.52. The summed E-state index contributed by atoms with van der Waals surface area (Å²) in [4.78, 5) is 30.4. The van der Waals surface area contributed by atoms with E-state index in [0.717, 1.165) is 41.5 Å². The number of hydrogen-bond acceptors (Lipinski definition) is 4. The first kappa shape index (κ1) is 36.3. The third-order valence-electron chi connectivity index (χ3n) is 11.4. The first-order chi connectivity index (χ1) is 24.6. The smallest absolute Gasteiger partial charge is 0.321 e. The number of aliphatic hydroxyl groups is 2. The number of nitrogens with one attached hydrogen (secondary N) is 1. The van der Waals surface area contributed by atoms with Crippen molar-refractivity contribution in [2.45, 2.75) is 89.8 Å². The highest BCUT2D eigenvalue weighted by molar-refractivity contribution is 6.13. The van der Waals surface area contributed by atoms with Crippen molar-refractivity contribution in [2.75, 3.05) is 18.4 Å². The molecule has 3 aliphatic rings. The Morgan fingerprint density at radius 2 is 1.59 bits per heavy atom. The number of carbonyl (C=O) groups is 2. The summed E-state index contributed by atoms with van der Waals surface area (Å²) < 4.78 is 0. The van der Waals surface area contributed by atoms with E-state index in [0.29, 0.717) is 55.5 Å². The number of rotatable bonds is 8. The van der Waals surface area contributed by atoms with E-state index in [9.17, 15) is 19.8 Å². The summed E-state index contributed by atoms with van der Waals surface area (Å²) in [6.07, 6.45) is 6.98. The number of anilines is 1. The summed E-state index contributed by atoms with van der Waals surface area (Å²) in [7, 11) is 0. The van der Waals surface area contributed by atoms with Crippen molar-refractivity contribution in [3.63, 3.8) is 0 Å². The van der Waals surface area contributed by atoms with Crippen LogP contribution in [0.5, 0.6) is 0 Å². The fourth-order valence-corrected chi connectivity index (χ4v) is 8.45. The van der Waals surface area contributed by atoms with Gasteiger partial charge in [-0.25, -0.2) is 4.79 Å². The Balaban J connectivity index is 1.43. The number of carbonyl (C=O) groups excluding carboxylic acids is 2. The van der Waals surface area contributed by atoms with Gasteiger partial charge in [0.05, 0.1) is 18.2 Å². The lowest BCUT2D eigenvalue weighted by Crippen LogP contribution is -2.54. The van der Waals surface area contributed by atoms with Gasteiger partial charge in [0.1, 0.15) is 0 Å². The Bertz CT molecular complexity index is 1850. The van der Waals surface area contributed by atoms with E-state index in [1.54, 1.807) is 4.90 Å². The zero-order valence-corrected chi connectivity index (χ0v) is 30.3. The van der Waals surface area contributed by atoms with Gasteiger partial charge in [0.2, 0.25) is 0 Å². The molecule has 0 aromatic heterocycles. The van der Waals surface area contributed by atoms with Crippen molar-refractivity contribution < 1.29 is 19.8 Å². The molecule has 2 amide bonds. The molecule has 0 spiro atoms. The lowest BCUT2D eigenvalue weighted by atomic mass is 9.64. The number of allylic oxidation sites excluding steroid dienone is 2. The topological polar surface area (TPSA) is 89.9 Å². The normalized spacial score (nSPS) is 23.5. The summed E-state index contributed by atoms with van der Waals surface area (Å²) in [6, 6.07) is 33.1. The number of benzene rings is 4. The van der Waals surface area contributed by atoms with E-state index >= 15 is 0 Å². The Morgan fingerprint density at radius 3 is 2.33 bits per heavy atom. The summed E-state index contributed by atoms with van der Waals surface area (Å²) in [6.45, 7) is 7.04. The second kappa shape index (κ2) is 15.8. The maximum absolute atomic E-state index is 14.9. The van der Waals surface area contributed by atoms with Gasteiger partial charge in [-0.1, -0.05) is 110 Å². The van der Waals surface area contributed by atoms with E-state index < -0.39 is 17.1 Å². The van der Waals surface area contributed by atoms with Crippen LogP contribution >= 0.6 is 0 Å². The van der Waals surface area contributed by atoms with E-state index in [4.69, 9.17) is 0 Å². The Kier molecular flexibility index (Phi) is 11.2. The van der Waals surface area contributed by atoms with Gasteiger partial charge in [0.15, 0.2) is 5.78 Å². The number of fused-ring (bicyclic) bond motifs is 8. The quantitative estimate of drug-likeness (QED) is 0.127. The minimum absolute atomic E-state index is 0.0590. The third-order valence-corrected chi connectivity index (χ3v) is 11.4. The van der Waals surface area contributed by atoms with Gasteiger partial charge in [-0.2, -0.15) is 0 Å². The summed E-state index contributed by atoms with van der Waals surface area (Å²) >= 11 is 0. The van der Waals surface area contributed by atoms with Crippen LogP contribution in [-0.4, -0.2) is 51.7 Å². The minimum Gasteiger partial charge on any atom is -0.393 e. The number of para-hydroxylation sites is 1. The number of amides is 2. The van der Waals surface area contributed by atoms with Crippen LogP contribution < -0.4 is 5.32 Å². The molecule has 51 heavy (non-hydrogen) atoms. The molecule has 0 aliphatic heterocycles. The number of hydrogen-bond donors (Lipinski definition) is 3. The van der Waals surface area contributed by atoms with Gasteiger partial charge in [0, 0.05) is 28.8 Å². The van der Waals surface area contributed by atoms with Crippen molar-refractivity contribution in [2.24, 2.45) is 5.41 Å². The molecule has 7 rings (SSSR count). The first-order valence-electron chi connectivity index (χ1n) is 18.6. The molecule has 0 radical (unpaired) electrons. The van der Waals surface area contributed by atoms with Crippen LogP contribution in [0.25, 0.3) is 11.1 Å². The molecule has 1 saturated carbocycles. The van der Waals surface area contributed by atoms with E-state index in [1.165, 1.54) is 5.57 Å². The molecule has 0 saturated heterocycles. The molecular formula is C45H52N2O4. The van der Waals surface area contributed by atoms with Crippen molar-refractivity contribution in [1.82, 2.24) is 4.90 Å². The second-order valence-electron chi connectivity index (χ2n) is 14.9. The van der Waals surface area contributed by atoms with Crippen LogP contribution in [0.4, 0.5) is 10.5 Å². The number of nitrogens with zero attached hydrogens (tertiary/aromatic N) is 1. The molecule has 6 heteroatoms. The van der Waals surface area contributed by atoms with Gasteiger partial charge >= 0.3 is 6.03 Å².